The van der Waals surface area contributed by atoms with Gasteiger partial charge in [-0.2, -0.15) is 0 Å². The molecule has 2 aliphatic heterocycles. The van der Waals surface area contributed by atoms with Crippen molar-refractivity contribution in [3.8, 4) is 0 Å². The second-order valence-corrected chi connectivity index (χ2v) is 16.1. The zero-order valence-electron chi connectivity index (χ0n) is 32.1. The van der Waals surface area contributed by atoms with Gasteiger partial charge in [0.15, 0.2) is 0 Å². The van der Waals surface area contributed by atoms with Crippen molar-refractivity contribution in [2.45, 2.75) is 74.1 Å². The van der Waals surface area contributed by atoms with Gasteiger partial charge in [0.25, 0.3) is 0 Å². The molecule has 2 saturated heterocycles. The summed E-state index contributed by atoms with van der Waals surface area (Å²) in [6, 6.07) is 17.8. The molecule has 0 unspecified atom stereocenters. The number of aromatic amines is 1. The summed E-state index contributed by atoms with van der Waals surface area (Å²) in [6.07, 6.45) is 3.34. The lowest BCUT2D eigenvalue weighted by atomic mass is 9.87. The molecular formula is C42H50N10O5S. The van der Waals surface area contributed by atoms with E-state index in [1.54, 1.807) is 17.1 Å². The molecular weight excluding hydrogens is 757 g/mol. The lowest BCUT2D eigenvalue weighted by molar-refractivity contribution is -0.136. The van der Waals surface area contributed by atoms with E-state index in [1.165, 1.54) is 11.3 Å². The molecule has 16 heteroatoms. The Hall–Kier alpha value is -5.68. The Morgan fingerprint density at radius 3 is 2.07 bits per heavy atom. The van der Waals surface area contributed by atoms with Crippen molar-refractivity contribution in [2.75, 3.05) is 26.2 Å². The molecule has 2 aliphatic rings. The van der Waals surface area contributed by atoms with Gasteiger partial charge in [0.2, 0.25) is 29.5 Å². The molecule has 5 amide bonds. The first-order valence-corrected chi connectivity index (χ1v) is 20.6. The van der Waals surface area contributed by atoms with E-state index in [4.69, 9.17) is 11.5 Å². The molecule has 0 bridgehead atoms. The van der Waals surface area contributed by atoms with Gasteiger partial charge in [-0.1, -0.05) is 60.7 Å². The number of primary amides is 1. The number of carbonyl (C=O) groups is 5. The van der Waals surface area contributed by atoms with Crippen molar-refractivity contribution in [3.05, 3.63) is 101 Å². The Balaban J connectivity index is 1.19. The second kappa shape index (κ2) is 17.9. The van der Waals surface area contributed by atoms with E-state index in [0.717, 1.165) is 32.8 Å². The number of hydrogen-bond acceptors (Lipinski definition) is 10. The third-order valence-corrected chi connectivity index (χ3v) is 12.0. The summed E-state index contributed by atoms with van der Waals surface area (Å²) < 4.78 is 0. The number of nitrogens with two attached hydrogens (primary N) is 2. The topological polar surface area (TPSA) is 238 Å². The summed E-state index contributed by atoms with van der Waals surface area (Å²) in [5.74, 6) is -2.95. The predicted octanol–water partition coefficient (Wildman–Crippen LogP) is 1.06. The largest absolute Gasteiger partial charge is 0.368 e. The van der Waals surface area contributed by atoms with E-state index in [0.29, 0.717) is 44.7 Å². The number of aromatic nitrogens is 2. The Kier molecular flexibility index (Phi) is 12.5. The molecule has 3 aromatic carbocycles. The molecule has 11 N–H and O–H groups in total. The molecule has 0 radical (unpaired) electrons. The van der Waals surface area contributed by atoms with E-state index >= 15 is 0 Å². The van der Waals surface area contributed by atoms with Crippen molar-refractivity contribution < 1.29 is 24.0 Å². The molecule has 0 saturated carbocycles. The van der Waals surface area contributed by atoms with Crippen LogP contribution in [0.3, 0.4) is 0 Å². The van der Waals surface area contributed by atoms with Crippen LogP contribution in [-0.4, -0.2) is 94.9 Å². The molecule has 58 heavy (non-hydrogen) atoms. The minimum absolute atomic E-state index is 0.0238. The van der Waals surface area contributed by atoms with Crippen molar-refractivity contribution in [3.63, 3.8) is 0 Å². The number of nitrogens with zero attached hydrogens (tertiary/aromatic N) is 1. The standard InChI is InChI=1S/C42H50N10O5S/c43-39(56)42(13-17-46-18-14-42)52-38(55)35(22-30-24-58-25-48-30)50-37(54)34(21-29-23-47-32-8-4-3-7-31(29)32)49-36(53)33(51-40(57)41(44)11-15-45-16-12-41)20-26-9-10-27-5-1-2-6-28(27)19-26/h1-10,19,23-25,33-35,45-47H,11-18,20-22,44H2,(H2,43,56)(H,49,53)(H,50,54)(H,51,57)(H,52,55)/t33-,34-,35+/m1/s1. The van der Waals surface area contributed by atoms with Gasteiger partial charge in [-0.05, 0) is 79.8 Å². The zero-order chi connectivity index (χ0) is 40.7. The van der Waals surface area contributed by atoms with Crippen LogP contribution in [-0.2, 0) is 43.2 Å². The average molecular weight is 807 g/mol. The van der Waals surface area contributed by atoms with Crippen LogP contribution in [0.4, 0.5) is 0 Å². The lowest BCUT2D eigenvalue weighted by Crippen LogP contribution is -2.65. The van der Waals surface area contributed by atoms with Gasteiger partial charge < -0.3 is 48.4 Å². The summed E-state index contributed by atoms with van der Waals surface area (Å²) in [5.41, 5.74) is 14.6. The number of benzene rings is 3. The highest BCUT2D eigenvalue weighted by molar-refractivity contribution is 7.07. The van der Waals surface area contributed by atoms with Crippen molar-refractivity contribution in [1.29, 1.82) is 0 Å². The van der Waals surface area contributed by atoms with Gasteiger partial charge in [-0.3, -0.25) is 24.0 Å². The van der Waals surface area contributed by atoms with E-state index < -0.39 is 58.7 Å². The number of amides is 5. The quantitative estimate of drug-likeness (QED) is 0.0735. The number of para-hydroxylation sites is 1. The normalized spacial score (nSPS) is 17.7. The van der Waals surface area contributed by atoms with E-state index in [9.17, 15) is 24.0 Å². The van der Waals surface area contributed by atoms with Crippen LogP contribution in [0.25, 0.3) is 21.7 Å². The van der Waals surface area contributed by atoms with E-state index in [2.05, 4.69) is 41.9 Å². The third kappa shape index (κ3) is 9.37. The number of piperidine rings is 2. The molecule has 5 aromatic rings. The number of hydrogen-bond donors (Lipinski definition) is 9. The monoisotopic (exact) mass is 806 g/mol. The fourth-order valence-corrected chi connectivity index (χ4v) is 8.42. The summed E-state index contributed by atoms with van der Waals surface area (Å²) in [4.78, 5) is 77.4. The summed E-state index contributed by atoms with van der Waals surface area (Å²) in [6.45, 7) is 2.07. The third-order valence-electron chi connectivity index (χ3n) is 11.4. The van der Waals surface area contributed by atoms with Crippen molar-refractivity contribution in [2.24, 2.45) is 11.5 Å². The van der Waals surface area contributed by atoms with Crippen LogP contribution >= 0.6 is 11.3 Å². The molecule has 0 spiro atoms. The fourth-order valence-electron chi connectivity index (χ4n) is 7.85. The molecule has 3 atom stereocenters. The minimum atomic E-state index is -1.30. The van der Waals surface area contributed by atoms with Crippen LogP contribution in [0.2, 0.25) is 0 Å². The fraction of sp³-hybridized carbons (Fsp3) is 0.381. The summed E-state index contributed by atoms with van der Waals surface area (Å²) in [5, 5.41) is 22.7. The molecule has 7 rings (SSSR count). The minimum Gasteiger partial charge on any atom is -0.368 e. The molecule has 0 aliphatic carbocycles. The van der Waals surface area contributed by atoms with Gasteiger partial charge in [-0.25, -0.2) is 4.98 Å². The van der Waals surface area contributed by atoms with Crippen LogP contribution in [0.5, 0.6) is 0 Å². The highest BCUT2D eigenvalue weighted by Gasteiger charge is 2.42. The molecule has 4 heterocycles. The summed E-state index contributed by atoms with van der Waals surface area (Å²) in [7, 11) is 0. The highest BCUT2D eigenvalue weighted by atomic mass is 32.1. The van der Waals surface area contributed by atoms with Gasteiger partial charge in [0.1, 0.15) is 23.7 Å². The number of fused-ring (bicyclic) bond motifs is 2. The van der Waals surface area contributed by atoms with Crippen molar-refractivity contribution >= 4 is 62.5 Å². The Morgan fingerprint density at radius 2 is 1.38 bits per heavy atom. The van der Waals surface area contributed by atoms with Crippen molar-refractivity contribution in [1.82, 2.24) is 41.9 Å². The van der Waals surface area contributed by atoms with Crippen LogP contribution < -0.4 is 43.4 Å². The number of rotatable bonds is 15. The first-order chi connectivity index (χ1) is 28.0. The average Bonchev–Trinajstić information content (AvgIpc) is 3.90. The van der Waals surface area contributed by atoms with Gasteiger partial charge in [0.05, 0.1) is 16.7 Å². The number of carbonyl (C=O) groups excluding carboxylic acids is 5. The molecule has 2 aromatic heterocycles. The van der Waals surface area contributed by atoms with E-state index in [1.807, 2.05) is 66.7 Å². The van der Waals surface area contributed by atoms with Crippen LogP contribution in [0.15, 0.2) is 83.8 Å². The summed E-state index contributed by atoms with van der Waals surface area (Å²) >= 11 is 1.34. The van der Waals surface area contributed by atoms with Crippen LogP contribution in [0.1, 0.15) is 42.5 Å². The molecule has 2 fully saturated rings. The zero-order valence-corrected chi connectivity index (χ0v) is 33.0. The Bertz CT molecular complexity index is 2260. The molecule has 304 valence electrons. The van der Waals surface area contributed by atoms with Crippen LogP contribution in [0, 0.1) is 0 Å². The first kappa shape index (κ1) is 40.5. The predicted molar refractivity (Wildman–Crippen MR) is 222 cm³/mol. The maximum Gasteiger partial charge on any atom is 0.243 e. The van der Waals surface area contributed by atoms with E-state index in [-0.39, 0.29) is 32.1 Å². The molecule has 15 nitrogen and oxygen atoms in total. The number of H-pyrrole nitrogens is 1. The number of thiazole rings is 1. The maximum absolute atomic E-state index is 14.6. The lowest BCUT2D eigenvalue weighted by Gasteiger charge is -2.36. The SMILES string of the molecule is NC(=O)C1(NC(=O)[C@H](Cc2cscn2)NC(=O)[C@@H](Cc2c[nH]c3ccccc23)NC(=O)[C@@H](Cc2ccc3ccccc3c2)NC(=O)C2(N)CCNCC2)CCNCC1. The smallest absolute Gasteiger partial charge is 0.243 e. The Morgan fingerprint density at radius 1 is 0.741 bits per heavy atom. The highest BCUT2D eigenvalue weighted by Crippen LogP contribution is 2.22. The first-order valence-electron chi connectivity index (χ1n) is 19.7. The maximum atomic E-state index is 14.6. The van der Waals surface area contributed by atoms with Gasteiger partial charge in [-0.15, -0.1) is 11.3 Å². The van der Waals surface area contributed by atoms with Gasteiger partial charge in [0, 0.05) is 41.7 Å². The Labute approximate surface area is 339 Å². The van der Waals surface area contributed by atoms with Gasteiger partial charge >= 0.3 is 0 Å². The second-order valence-electron chi connectivity index (χ2n) is 15.4. The number of nitrogens with one attached hydrogen (secondary N) is 7.